The molecule has 1 amide bonds. The molecule has 0 saturated carbocycles. The number of thiazole rings is 1. The van der Waals surface area contributed by atoms with Gasteiger partial charge in [-0.2, -0.15) is 0 Å². The van der Waals surface area contributed by atoms with Gasteiger partial charge in [-0.25, -0.2) is 9.37 Å². The molecule has 1 aromatic heterocycles. The number of rotatable bonds is 6. The minimum atomic E-state index is -0.401. The van der Waals surface area contributed by atoms with Crippen molar-refractivity contribution in [3.63, 3.8) is 0 Å². The Morgan fingerprint density at radius 1 is 1.48 bits per heavy atom. The Kier molecular flexibility index (Phi) is 5.60. The maximum Gasteiger partial charge on any atom is 0.264 e. The molecule has 1 aliphatic rings. The van der Waals surface area contributed by atoms with Crippen molar-refractivity contribution in [2.24, 2.45) is 5.92 Å². The first kappa shape index (κ1) is 17.4. The van der Waals surface area contributed by atoms with E-state index in [2.05, 4.69) is 35.5 Å². The van der Waals surface area contributed by atoms with Gasteiger partial charge in [0.2, 0.25) is 0 Å². The molecular formula is C19H19FN2O2S. The molecule has 2 aromatic rings. The summed E-state index contributed by atoms with van der Waals surface area (Å²) in [5, 5.41) is 5.15. The summed E-state index contributed by atoms with van der Waals surface area (Å²) in [7, 11) is 0. The van der Waals surface area contributed by atoms with Gasteiger partial charge < -0.3 is 4.74 Å². The largest absolute Gasteiger partial charge is 0.484 e. The molecule has 130 valence electrons. The van der Waals surface area contributed by atoms with Crippen LogP contribution >= 0.6 is 11.3 Å². The van der Waals surface area contributed by atoms with Gasteiger partial charge in [0.05, 0.1) is 5.69 Å². The summed E-state index contributed by atoms with van der Waals surface area (Å²) in [6.07, 6.45) is 8.63. The number of carbonyl (C=O) groups is 1. The van der Waals surface area contributed by atoms with E-state index in [4.69, 9.17) is 4.74 Å². The zero-order valence-corrected chi connectivity index (χ0v) is 14.7. The molecule has 0 bridgehead atoms. The molecule has 25 heavy (non-hydrogen) atoms. The Bertz CT molecular complexity index is 813. The Hall–Kier alpha value is -2.47. The van der Waals surface area contributed by atoms with Crippen LogP contribution in [-0.2, 0) is 4.79 Å². The topological polar surface area (TPSA) is 51.2 Å². The highest BCUT2D eigenvalue weighted by Crippen LogP contribution is 2.28. The van der Waals surface area contributed by atoms with E-state index in [1.54, 1.807) is 6.07 Å². The van der Waals surface area contributed by atoms with Gasteiger partial charge in [0, 0.05) is 11.4 Å². The predicted octanol–water partition coefficient (Wildman–Crippen LogP) is 4.67. The van der Waals surface area contributed by atoms with Gasteiger partial charge in [-0.05, 0) is 36.5 Å². The van der Waals surface area contributed by atoms with Gasteiger partial charge in [-0.3, -0.25) is 10.1 Å². The lowest BCUT2D eigenvalue weighted by Crippen LogP contribution is -2.20. The average molecular weight is 358 g/mol. The van der Waals surface area contributed by atoms with E-state index >= 15 is 0 Å². The van der Waals surface area contributed by atoms with Crippen molar-refractivity contribution in [3.8, 4) is 5.75 Å². The van der Waals surface area contributed by atoms with E-state index in [1.807, 2.05) is 5.38 Å². The molecule has 0 saturated heterocycles. The molecule has 0 fully saturated rings. The van der Waals surface area contributed by atoms with Gasteiger partial charge >= 0.3 is 0 Å². The molecule has 0 radical (unpaired) electrons. The minimum absolute atomic E-state index is 0.195. The molecule has 0 aliphatic heterocycles. The monoisotopic (exact) mass is 358 g/mol. The average Bonchev–Trinajstić information content (AvgIpc) is 3.08. The third kappa shape index (κ3) is 4.76. The maximum atomic E-state index is 13.1. The highest BCUT2D eigenvalue weighted by molar-refractivity contribution is 7.14. The summed E-state index contributed by atoms with van der Waals surface area (Å²) < 4.78 is 18.3. The van der Waals surface area contributed by atoms with Crippen LogP contribution in [0.4, 0.5) is 9.52 Å². The van der Waals surface area contributed by atoms with Gasteiger partial charge in [-0.15, -0.1) is 11.3 Å². The standard InChI is InChI=1S/C19H19FN2O2S/c1-2-13-6-8-14(9-7-13)17-12-25-19(21-17)22-18(23)11-24-16-5-3-4-15(20)10-16/h3-6,8-10,12-13H,2,7,11H2,1H3,(H,21,22,23). The quantitative estimate of drug-likeness (QED) is 0.816. The minimum Gasteiger partial charge on any atom is -0.484 e. The molecule has 3 rings (SSSR count). The van der Waals surface area contributed by atoms with E-state index in [-0.39, 0.29) is 12.5 Å². The van der Waals surface area contributed by atoms with Crippen molar-refractivity contribution in [2.75, 3.05) is 11.9 Å². The number of nitrogens with one attached hydrogen (secondary N) is 1. The van der Waals surface area contributed by atoms with Crippen LogP contribution in [0.15, 0.2) is 47.9 Å². The van der Waals surface area contributed by atoms with Crippen molar-refractivity contribution in [1.82, 2.24) is 4.98 Å². The number of hydrogen-bond donors (Lipinski definition) is 1. The van der Waals surface area contributed by atoms with Gasteiger partial charge in [0.1, 0.15) is 11.6 Å². The normalized spacial score (nSPS) is 16.4. The number of ether oxygens (including phenoxy) is 1. The summed E-state index contributed by atoms with van der Waals surface area (Å²) in [5.41, 5.74) is 1.94. The molecule has 1 N–H and O–H groups in total. The predicted molar refractivity (Wildman–Crippen MR) is 98.2 cm³/mol. The summed E-state index contributed by atoms with van der Waals surface area (Å²) in [6, 6.07) is 5.69. The molecule has 4 nitrogen and oxygen atoms in total. The molecule has 1 heterocycles. The lowest BCUT2D eigenvalue weighted by Gasteiger charge is -2.12. The van der Waals surface area contributed by atoms with Crippen LogP contribution in [0.2, 0.25) is 0 Å². The number of hydrogen-bond acceptors (Lipinski definition) is 4. The van der Waals surface area contributed by atoms with Crippen molar-refractivity contribution >= 4 is 27.9 Å². The number of carbonyl (C=O) groups excluding carboxylic acids is 1. The Balaban J connectivity index is 1.54. The second kappa shape index (κ2) is 8.07. The highest BCUT2D eigenvalue weighted by Gasteiger charge is 2.12. The second-order valence-electron chi connectivity index (χ2n) is 5.75. The fourth-order valence-electron chi connectivity index (χ4n) is 2.48. The molecule has 1 aliphatic carbocycles. The van der Waals surface area contributed by atoms with Crippen LogP contribution in [0.5, 0.6) is 5.75 Å². The van der Waals surface area contributed by atoms with E-state index in [0.717, 1.165) is 24.1 Å². The van der Waals surface area contributed by atoms with Crippen molar-refractivity contribution in [3.05, 3.63) is 59.4 Å². The fraction of sp³-hybridized carbons (Fsp3) is 0.263. The van der Waals surface area contributed by atoms with Crippen LogP contribution in [0, 0.1) is 11.7 Å². The van der Waals surface area contributed by atoms with Crippen LogP contribution in [0.3, 0.4) is 0 Å². The second-order valence-corrected chi connectivity index (χ2v) is 6.61. The van der Waals surface area contributed by atoms with Crippen molar-refractivity contribution in [2.45, 2.75) is 19.8 Å². The Labute approximate surface area is 150 Å². The summed E-state index contributed by atoms with van der Waals surface area (Å²) >= 11 is 1.37. The number of anilines is 1. The zero-order chi connectivity index (χ0) is 17.6. The molecule has 1 unspecified atom stereocenters. The van der Waals surface area contributed by atoms with E-state index in [0.29, 0.717) is 16.8 Å². The number of nitrogens with zero attached hydrogens (tertiary/aromatic N) is 1. The number of halogens is 1. The van der Waals surface area contributed by atoms with Crippen molar-refractivity contribution < 1.29 is 13.9 Å². The van der Waals surface area contributed by atoms with Crippen LogP contribution in [0.1, 0.15) is 25.5 Å². The first-order valence-electron chi connectivity index (χ1n) is 8.16. The summed E-state index contributed by atoms with van der Waals surface area (Å²) in [5.74, 6) is 0.186. The zero-order valence-electron chi connectivity index (χ0n) is 13.9. The van der Waals surface area contributed by atoms with Gasteiger partial charge in [-0.1, -0.05) is 31.2 Å². The number of aromatic nitrogens is 1. The highest BCUT2D eigenvalue weighted by atomic mass is 32.1. The SMILES string of the molecule is CCC1C=CC(c2csc(NC(=O)COc3cccc(F)c3)n2)=CC1. The molecule has 1 atom stereocenters. The number of benzene rings is 1. The Morgan fingerprint density at radius 3 is 3.08 bits per heavy atom. The van der Waals surface area contributed by atoms with Crippen molar-refractivity contribution in [1.29, 1.82) is 0 Å². The van der Waals surface area contributed by atoms with E-state index in [1.165, 1.54) is 29.5 Å². The molecule has 6 heteroatoms. The van der Waals surface area contributed by atoms with Gasteiger partial charge in [0.25, 0.3) is 5.91 Å². The van der Waals surface area contributed by atoms with Crippen LogP contribution < -0.4 is 10.1 Å². The Morgan fingerprint density at radius 2 is 2.36 bits per heavy atom. The lowest BCUT2D eigenvalue weighted by atomic mass is 9.94. The third-order valence-corrected chi connectivity index (χ3v) is 4.68. The summed E-state index contributed by atoms with van der Waals surface area (Å²) in [4.78, 5) is 16.4. The number of amides is 1. The fourth-order valence-corrected chi connectivity index (χ4v) is 3.22. The molecule has 1 aromatic carbocycles. The van der Waals surface area contributed by atoms with E-state index in [9.17, 15) is 9.18 Å². The lowest BCUT2D eigenvalue weighted by molar-refractivity contribution is -0.118. The third-order valence-electron chi connectivity index (χ3n) is 3.93. The maximum absolute atomic E-state index is 13.1. The van der Waals surface area contributed by atoms with Crippen LogP contribution in [0.25, 0.3) is 5.57 Å². The van der Waals surface area contributed by atoms with E-state index < -0.39 is 5.82 Å². The summed E-state index contributed by atoms with van der Waals surface area (Å²) in [6.45, 7) is 1.98. The first-order valence-corrected chi connectivity index (χ1v) is 9.04. The smallest absolute Gasteiger partial charge is 0.264 e. The van der Waals surface area contributed by atoms with Gasteiger partial charge in [0.15, 0.2) is 11.7 Å². The molecular weight excluding hydrogens is 339 g/mol. The molecule has 0 spiro atoms. The van der Waals surface area contributed by atoms with Crippen LogP contribution in [-0.4, -0.2) is 17.5 Å². The first-order chi connectivity index (χ1) is 12.1. The number of allylic oxidation sites excluding steroid dienone is 4.